The van der Waals surface area contributed by atoms with Crippen molar-refractivity contribution in [2.24, 2.45) is 0 Å². The fraction of sp³-hybridized carbons (Fsp3) is 0.0649. The Hall–Kier alpha value is -9.56. The molecule has 78 heavy (non-hydrogen) atoms. The minimum atomic E-state index is -0.550. The van der Waals surface area contributed by atoms with E-state index in [2.05, 4.69) is 316 Å². The predicted octanol–water partition coefficient (Wildman–Crippen LogP) is 19.5. The summed E-state index contributed by atoms with van der Waals surface area (Å²) in [6.45, 7) is 4.80. The lowest BCUT2D eigenvalue weighted by Gasteiger charge is -2.35. The van der Waals surface area contributed by atoms with E-state index in [0.29, 0.717) is 0 Å². The maximum atomic E-state index is 2.53. The summed E-state index contributed by atoms with van der Waals surface area (Å²) in [5.74, 6) is 0. The molecule has 0 unspecified atom stereocenters. The van der Waals surface area contributed by atoms with Gasteiger partial charge in [-0.15, -0.1) is 0 Å². The van der Waals surface area contributed by atoms with Crippen molar-refractivity contribution in [3.8, 4) is 55.6 Å². The molecule has 0 aliphatic heterocycles. The molecular formula is C77H55N. The van der Waals surface area contributed by atoms with Crippen molar-refractivity contribution in [1.29, 1.82) is 0 Å². The third kappa shape index (κ3) is 6.55. The fourth-order valence-electron chi connectivity index (χ4n) is 14.4. The van der Waals surface area contributed by atoms with Gasteiger partial charge in [-0.1, -0.05) is 281 Å². The topological polar surface area (TPSA) is 3.24 Å². The maximum Gasteiger partial charge on any atom is 0.0719 e. The van der Waals surface area contributed by atoms with E-state index in [0.717, 1.165) is 16.9 Å². The number of nitrogens with zero attached hydrogens (tertiary/aromatic N) is 1. The van der Waals surface area contributed by atoms with E-state index >= 15 is 0 Å². The minimum Gasteiger partial charge on any atom is -0.310 e. The summed E-state index contributed by atoms with van der Waals surface area (Å²) in [7, 11) is 0. The first-order chi connectivity index (χ1) is 38.5. The Morgan fingerprint density at radius 1 is 0.244 bits per heavy atom. The Morgan fingerprint density at radius 2 is 0.615 bits per heavy atom. The van der Waals surface area contributed by atoms with Gasteiger partial charge in [-0.2, -0.15) is 0 Å². The highest BCUT2D eigenvalue weighted by Crippen LogP contribution is 2.60. The molecule has 368 valence electrons. The van der Waals surface area contributed by atoms with Gasteiger partial charge in [-0.05, 0) is 142 Å². The smallest absolute Gasteiger partial charge is 0.0719 e. The Kier molecular flexibility index (Phi) is 10.4. The monoisotopic (exact) mass is 993 g/mol. The molecule has 0 fully saturated rings. The minimum absolute atomic E-state index is 0.255. The SMILES string of the molecule is CC1(C)c2ccccc2-c2cccc(N(c3cccc(-c4ccc(C5(c6ccccc6)c6ccccc6-c6ccccc65)cc4)c3)c3cccc(-c4cccc5c4C(c4ccccc4)(c4ccccc4)c4ccccc4-5)c3)c21. The van der Waals surface area contributed by atoms with Gasteiger partial charge in [0.25, 0.3) is 0 Å². The van der Waals surface area contributed by atoms with Crippen LogP contribution in [0.3, 0.4) is 0 Å². The third-order valence-corrected chi connectivity index (χ3v) is 17.6. The summed E-state index contributed by atoms with van der Waals surface area (Å²) in [5, 5.41) is 0. The Labute approximate surface area is 458 Å². The Morgan fingerprint density at radius 3 is 1.18 bits per heavy atom. The quantitative estimate of drug-likeness (QED) is 0.139. The number of rotatable bonds is 9. The summed E-state index contributed by atoms with van der Waals surface area (Å²) in [4.78, 5) is 2.53. The van der Waals surface area contributed by atoms with Crippen LogP contribution in [0.2, 0.25) is 0 Å². The maximum absolute atomic E-state index is 2.53. The molecule has 0 saturated carbocycles. The highest BCUT2D eigenvalue weighted by Gasteiger charge is 2.48. The molecular weight excluding hydrogens is 939 g/mol. The van der Waals surface area contributed by atoms with Crippen LogP contribution in [-0.2, 0) is 16.2 Å². The second-order valence-corrected chi connectivity index (χ2v) is 21.8. The van der Waals surface area contributed by atoms with E-state index in [1.165, 1.54) is 111 Å². The van der Waals surface area contributed by atoms with Gasteiger partial charge >= 0.3 is 0 Å². The van der Waals surface area contributed by atoms with E-state index in [-0.39, 0.29) is 5.41 Å². The van der Waals surface area contributed by atoms with Gasteiger partial charge in [0.1, 0.15) is 0 Å². The summed E-state index contributed by atoms with van der Waals surface area (Å²) in [6, 6.07) is 111. The molecule has 0 bridgehead atoms. The molecule has 0 aromatic heterocycles. The van der Waals surface area contributed by atoms with E-state index in [1.807, 2.05) is 0 Å². The molecule has 0 N–H and O–H groups in total. The van der Waals surface area contributed by atoms with Crippen LogP contribution in [0.15, 0.2) is 297 Å². The molecule has 0 atom stereocenters. The second kappa shape index (κ2) is 17.8. The Bertz CT molecular complexity index is 4200. The molecule has 0 radical (unpaired) electrons. The van der Waals surface area contributed by atoms with Gasteiger partial charge in [0, 0.05) is 16.8 Å². The highest BCUT2D eigenvalue weighted by molar-refractivity contribution is 5.96. The van der Waals surface area contributed by atoms with Crippen molar-refractivity contribution in [3.05, 3.63) is 353 Å². The molecule has 1 nitrogen and oxygen atoms in total. The van der Waals surface area contributed by atoms with Crippen LogP contribution in [0.5, 0.6) is 0 Å². The summed E-state index contributed by atoms with van der Waals surface area (Å²) in [6.07, 6.45) is 0. The second-order valence-electron chi connectivity index (χ2n) is 21.8. The van der Waals surface area contributed by atoms with Gasteiger partial charge in [-0.25, -0.2) is 0 Å². The van der Waals surface area contributed by atoms with Gasteiger partial charge in [0.2, 0.25) is 0 Å². The third-order valence-electron chi connectivity index (χ3n) is 17.6. The molecule has 12 aromatic rings. The summed E-state index contributed by atoms with van der Waals surface area (Å²) in [5.41, 5.74) is 27.5. The standard InChI is InChI=1S/C77H55N/c1-75(2)68-41-16-12-36-64(68)67-40-23-45-72(74(67)75)78(59-32-20-24-53(50-59)52-46-48-58(49-47-52)76(55-26-6-3-7-27-55)69-42-17-13-34-62(69)63-35-14-18-43-70(63)76)60-33-21-25-54(51-60)61-38-22-39-66-65-37-15-19-44-71(65)77(73(61)66,56-28-8-4-9-29-56)57-30-10-5-11-31-57/h3-51H,1-2H3. The normalized spacial score (nSPS) is 14.3. The van der Waals surface area contributed by atoms with Crippen molar-refractivity contribution in [3.63, 3.8) is 0 Å². The van der Waals surface area contributed by atoms with Crippen molar-refractivity contribution < 1.29 is 0 Å². The van der Waals surface area contributed by atoms with E-state index in [1.54, 1.807) is 0 Å². The molecule has 1 heteroatoms. The van der Waals surface area contributed by atoms with Crippen LogP contribution in [0.4, 0.5) is 17.1 Å². The molecule has 3 aliphatic rings. The van der Waals surface area contributed by atoms with Crippen LogP contribution in [0, 0.1) is 0 Å². The first-order valence-corrected chi connectivity index (χ1v) is 27.4. The predicted molar refractivity (Wildman–Crippen MR) is 324 cm³/mol. The zero-order chi connectivity index (χ0) is 52.0. The van der Waals surface area contributed by atoms with Crippen molar-refractivity contribution >= 4 is 17.1 Å². The molecule has 0 amide bonds. The van der Waals surface area contributed by atoms with Crippen molar-refractivity contribution in [2.75, 3.05) is 4.90 Å². The fourth-order valence-corrected chi connectivity index (χ4v) is 14.4. The molecule has 0 heterocycles. The van der Waals surface area contributed by atoms with Gasteiger partial charge in [0.05, 0.1) is 16.5 Å². The number of hydrogen-bond acceptors (Lipinski definition) is 1. The molecule has 0 saturated heterocycles. The zero-order valence-electron chi connectivity index (χ0n) is 43.7. The van der Waals surface area contributed by atoms with Crippen LogP contribution in [0.1, 0.15) is 69.5 Å². The average Bonchev–Trinajstić information content (AvgIpc) is 4.23. The summed E-state index contributed by atoms with van der Waals surface area (Å²) < 4.78 is 0. The molecule has 12 aromatic carbocycles. The van der Waals surface area contributed by atoms with Gasteiger partial charge in [-0.3, -0.25) is 0 Å². The number of benzene rings is 12. The highest BCUT2D eigenvalue weighted by atomic mass is 15.1. The van der Waals surface area contributed by atoms with Gasteiger partial charge in [0.15, 0.2) is 0 Å². The molecule has 0 spiro atoms. The van der Waals surface area contributed by atoms with Crippen molar-refractivity contribution in [2.45, 2.75) is 30.1 Å². The van der Waals surface area contributed by atoms with Crippen LogP contribution in [0.25, 0.3) is 55.6 Å². The first-order valence-electron chi connectivity index (χ1n) is 27.4. The Balaban J connectivity index is 0.913. The largest absolute Gasteiger partial charge is 0.310 e. The van der Waals surface area contributed by atoms with E-state index in [9.17, 15) is 0 Å². The number of hydrogen-bond donors (Lipinski definition) is 0. The zero-order valence-corrected chi connectivity index (χ0v) is 43.7. The molecule has 3 aliphatic carbocycles. The average molecular weight is 994 g/mol. The lowest BCUT2D eigenvalue weighted by molar-refractivity contribution is 0.661. The van der Waals surface area contributed by atoms with Gasteiger partial charge < -0.3 is 4.90 Å². The lowest BCUT2D eigenvalue weighted by atomic mass is 9.66. The number of anilines is 3. The first kappa shape index (κ1) is 45.8. The molecule has 15 rings (SSSR count). The van der Waals surface area contributed by atoms with E-state index < -0.39 is 10.8 Å². The number of fused-ring (bicyclic) bond motifs is 9. The van der Waals surface area contributed by atoms with Crippen LogP contribution in [-0.4, -0.2) is 0 Å². The van der Waals surface area contributed by atoms with E-state index in [4.69, 9.17) is 0 Å². The summed E-state index contributed by atoms with van der Waals surface area (Å²) >= 11 is 0. The van der Waals surface area contributed by atoms with Crippen LogP contribution >= 0.6 is 0 Å². The lowest BCUT2D eigenvalue weighted by Crippen LogP contribution is -2.29. The van der Waals surface area contributed by atoms with Crippen molar-refractivity contribution in [1.82, 2.24) is 0 Å². The van der Waals surface area contributed by atoms with Crippen LogP contribution < -0.4 is 4.90 Å².